The van der Waals surface area contributed by atoms with Crippen molar-refractivity contribution in [2.24, 2.45) is 0 Å². The lowest BCUT2D eigenvalue weighted by atomic mass is 10.1. The second-order valence-corrected chi connectivity index (χ2v) is 4.09. The van der Waals surface area contributed by atoms with Crippen molar-refractivity contribution in [3.63, 3.8) is 0 Å². The van der Waals surface area contributed by atoms with Crippen molar-refractivity contribution in [1.29, 1.82) is 0 Å². The van der Waals surface area contributed by atoms with Crippen molar-refractivity contribution < 1.29 is 9.53 Å². The summed E-state index contributed by atoms with van der Waals surface area (Å²) in [5.41, 5.74) is 3.14. The van der Waals surface area contributed by atoms with Gasteiger partial charge in [0.2, 0.25) is 0 Å². The number of nitrogens with one attached hydrogen (secondary N) is 1. The molecular formula is C12H14N2O2. The molecule has 0 bridgehead atoms. The maximum atomic E-state index is 11.5. The van der Waals surface area contributed by atoms with Crippen LogP contribution in [0.5, 0.6) is 0 Å². The Morgan fingerprint density at radius 2 is 2.06 bits per heavy atom. The molecule has 0 spiro atoms. The zero-order valence-corrected chi connectivity index (χ0v) is 9.03. The molecule has 2 aliphatic rings. The molecule has 1 amide bonds. The van der Waals surface area contributed by atoms with E-state index in [0.29, 0.717) is 6.54 Å². The van der Waals surface area contributed by atoms with E-state index in [1.807, 2.05) is 12.1 Å². The molecule has 3 rings (SSSR count). The molecule has 1 aromatic carbocycles. The largest absolute Gasteiger partial charge is 0.378 e. The molecule has 1 N–H and O–H groups in total. The van der Waals surface area contributed by atoms with Crippen molar-refractivity contribution in [3.8, 4) is 0 Å². The van der Waals surface area contributed by atoms with Crippen LogP contribution in [0, 0.1) is 0 Å². The normalized spacial score (nSPS) is 19.5. The Balaban J connectivity index is 1.98. The average molecular weight is 218 g/mol. The van der Waals surface area contributed by atoms with Gasteiger partial charge < -0.3 is 15.0 Å². The standard InChI is InChI=1S/C12H14N2O2/c15-12-9-2-1-3-11(10(9)8-13-12)14-4-6-16-7-5-14/h1-3H,4-8H2,(H,13,15). The fraction of sp³-hybridized carbons (Fsp3) is 0.417. The number of nitrogens with zero attached hydrogens (tertiary/aromatic N) is 1. The first kappa shape index (κ1) is 9.66. The molecule has 1 fully saturated rings. The summed E-state index contributed by atoms with van der Waals surface area (Å²) in [5, 5.41) is 2.87. The number of hydrogen-bond donors (Lipinski definition) is 1. The van der Waals surface area contributed by atoms with E-state index in [1.165, 1.54) is 5.69 Å². The second kappa shape index (κ2) is 3.79. The first-order valence-electron chi connectivity index (χ1n) is 5.59. The van der Waals surface area contributed by atoms with Crippen LogP contribution in [0.4, 0.5) is 5.69 Å². The van der Waals surface area contributed by atoms with Crippen LogP contribution in [0.25, 0.3) is 0 Å². The third kappa shape index (κ3) is 1.46. The van der Waals surface area contributed by atoms with Crippen LogP contribution in [0.2, 0.25) is 0 Å². The monoisotopic (exact) mass is 218 g/mol. The van der Waals surface area contributed by atoms with Gasteiger partial charge in [-0.3, -0.25) is 4.79 Å². The molecule has 16 heavy (non-hydrogen) atoms. The van der Waals surface area contributed by atoms with E-state index < -0.39 is 0 Å². The summed E-state index contributed by atoms with van der Waals surface area (Å²) in [5.74, 6) is 0.0464. The Labute approximate surface area is 94.2 Å². The minimum absolute atomic E-state index is 0.0464. The third-order valence-electron chi connectivity index (χ3n) is 3.17. The number of rotatable bonds is 1. The highest BCUT2D eigenvalue weighted by Gasteiger charge is 2.24. The van der Waals surface area contributed by atoms with Crippen molar-refractivity contribution in [2.75, 3.05) is 31.2 Å². The van der Waals surface area contributed by atoms with Crippen LogP contribution in [-0.2, 0) is 11.3 Å². The molecule has 0 radical (unpaired) electrons. The molecule has 0 aromatic heterocycles. The van der Waals surface area contributed by atoms with Crippen LogP contribution >= 0.6 is 0 Å². The second-order valence-electron chi connectivity index (χ2n) is 4.09. The summed E-state index contributed by atoms with van der Waals surface area (Å²) in [7, 11) is 0. The van der Waals surface area contributed by atoms with Gasteiger partial charge in [-0.05, 0) is 12.1 Å². The zero-order valence-electron chi connectivity index (χ0n) is 9.03. The fourth-order valence-electron chi connectivity index (χ4n) is 2.34. The lowest BCUT2D eigenvalue weighted by molar-refractivity contribution is 0.0966. The average Bonchev–Trinajstić information content (AvgIpc) is 2.73. The van der Waals surface area contributed by atoms with Crippen LogP contribution in [-0.4, -0.2) is 32.2 Å². The topological polar surface area (TPSA) is 41.6 Å². The van der Waals surface area contributed by atoms with E-state index in [9.17, 15) is 4.79 Å². The number of carbonyl (C=O) groups excluding carboxylic acids is 1. The Morgan fingerprint density at radius 1 is 1.25 bits per heavy atom. The van der Waals surface area contributed by atoms with Gasteiger partial charge in [0.1, 0.15) is 0 Å². The van der Waals surface area contributed by atoms with E-state index >= 15 is 0 Å². The molecular weight excluding hydrogens is 204 g/mol. The lowest BCUT2D eigenvalue weighted by Gasteiger charge is -2.30. The summed E-state index contributed by atoms with van der Waals surface area (Å²) in [6.45, 7) is 4.01. The molecule has 0 unspecified atom stereocenters. The van der Waals surface area contributed by atoms with Crippen molar-refractivity contribution in [2.45, 2.75) is 6.54 Å². The predicted molar refractivity (Wildman–Crippen MR) is 60.6 cm³/mol. The molecule has 0 saturated carbocycles. The minimum Gasteiger partial charge on any atom is -0.378 e. The van der Waals surface area contributed by atoms with Crippen LogP contribution in [0.3, 0.4) is 0 Å². The summed E-state index contributed by atoms with van der Waals surface area (Å²) in [6, 6.07) is 5.93. The van der Waals surface area contributed by atoms with Crippen molar-refractivity contribution >= 4 is 11.6 Å². The fourth-order valence-corrected chi connectivity index (χ4v) is 2.34. The smallest absolute Gasteiger partial charge is 0.251 e. The van der Waals surface area contributed by atoms with Gasteiger partial charge in [0.25, 0.3) is 5.91 Å². The first-order valence-corrected chi connectivity index (χ1v) is 5.59. The number of morpholine rings is 1. The molecule has 4 heteroatoms. The maximum absolute atomic E-state index is 11.5. The molecule has 2 aliphatic heterocycles. The van der Waals surface area contributed by atoms with Gasteiger partial charge in [0.15, 0.2) is 0 Å². The third-order valence-corrected chi connectivity index (χ3v) is 3.17. The van der Waals surface area contributed by atoms with Crippen LogP contribution in [0.15, 0.2) is 18.2 Å². The number of fused-ring (bicyclic) bond motifs is 1. The Hall–Kier alpha value is -1.55. The summed E-state index contributed by atoms with van der Waals surface area (Å²) >= 11 is 0. The van der Waals surface area contributed by atoms with Gasteiger partial charge in [0.05, 0.1) is 13.2 Å². The number of amides is 1. The summed E-state index contributed by atoms with van der Waals surface area (Å²) in [4.78, 5) is 13.8. The number of benzene rings is 1. The lowest BCUT2D eigenvalue weighted by Crippen LogP contribution is -2.36. The van der Waals surface area contributed by atoms with Crippen LogP contribution in [0.1, 0.15) is 15.9 Å². The summed E-state index contributed by atoms with van der Waals surface area (Å²) < 4.78 is 5.34. The number of anilines is 1. The highest BCUT2D eigenvalue weighted by molar-refractivity contribution is 6.00. The SMILES string of the molecule is O=C1NCc2c1cccc2N1CCOCC1. The zero-order chi connectivity index (χ0) is 11.0. The van der Waals surface area contributed by atoms with Crippen LogP contribution < -0.4 is 10.2 Å². The van der Waals surface area contributed by atoms with Gasteiger partial charge in [-0.15, -0.1) is 0 Å². The van der Waals surface area contributed by atoms with E-state index in [4.69, 9.17) is 4.74 Å². The maximum Gasteiger partial charge on any atom is 0.251 e. The molecule has 0 aliphatic carbocycles. The van der Waals surface area contributed by atoms with Gasteiger partial charge in [-0.25, -0.2) is 0 Å². The van der Waals surface area contributed by atoms with E-state index in [1.54, 1.807) is 0 Å². The van der Waals surface area contributed by atoms with E-state index in [-0.39, 0.29) is 5.91 Å². The molecule has 2 heterocycles. The Morgan fingerprint density at radius 3 is 2.88 bits per heavy atom. The molecule has 0 atom stereocenters. The number of ether oxygens (including phenoxy) is 1. The van der Waals surface area contributed by atoms with Gasteiger partial charge in [0, 0.05) is 36.4 Å². The Bertz CT molecular complexity index is 425. The van der Waals surface area contributed by atoms with Gasteiger partial charge in [-0.1, -0.05) is 6.07 Å². The minimum atomic E-state index is 0.0464. The molecule has 4 nitrogen and oxygen atoms in total. The highest BCUT2D eigenvalue weighted by Crippen LogP contribution is 2.27. The number of carbonyl (C=O) groups is 1. The van der Waals surface area contributed by atoms with E-state index in [2.05, 4.69) is 16.3 Å². The van der Waals surface area contributed by atoms with Gasteiger partial charge >= 0.3 is 0 Å². The molecule has 1 aromatic rings. The molecule has 1 saturated heterocycles. The first-order chi connectivity index (χ1) is 7.86. The quantitative estimate of drug-likeness (QED) is 0.757. The Kier molecular flexibility index (Phi) is 2.29. The predicted octanol–water partition coefficient (Wildman–Crippen LogP) is 0.767. The number of hydrogen-bond acceptors (Lipinski definition) is 3. The van der Waals surface area contributed by atoms with Crippen molar-refractivity contribution in [3.05, 3.63) is 29.3 Å². The summed E-state index contributed by atoms with van der Waals surface area (Å²) in [6.07, 6.45) is 0. The molecule has 84 valence electrons. The van der Waals surface area contributed by atoms with Gasteiger partial charge in [-0.2, -0.15) is 0 Å². The van der Waals surface area contributed by atoms with E-state index in [0.717, 1.165) is 37.4 Å². The highest BCUT2D eigenvalue weighted by atomic mass is 16.5. The van der Waals surface area contributed by atoms with Crippen molar-refractivity contribution in [1.82, 2.24) is 5.32 Å².